The molecule has 0 aliphatic carbocycles. The third-order valence-electron chi connectivity index (χ3n) is 2.11. The predicted octanol–water partition coefficient (Wildman–Crippen LogP) is 1.71. The van der Waals surface area contributed by atoms with Gasteiger partial charge >= 0.3 is 5.97 Å². The smallest absolute Gasteiger partial charge is 0.341 e. The van der Waals surface area contributed by atoms with Gasteiger partial charge in [-0.15, -0.1) is 0 Å². The molecule has 0 saturated heterocycles. The van der Waals surface area contributed by atoms with Crippen molar-refractivity contribution in [2.45, 2.75) is 13.3 Å². The van der Waals surface area contributed by atoms with Crippen LogP contribution < -0.4 is 4.90 Å². The van der Waals surface area contributed by atoms with E-state index in [0.717, 1.165) is 13.0 Å². The quantitative estimate of drug-likeness (QED) is 0.706. The number of hydrogen-bond donors (Lipinski definition) is 0. The summed E-state index contributed by atoms with van der Waals surface area (Å²) >= 11 is 0. The lowest BCUT2D eigenvalue weighted by Crippen LogP contribution is -2.22. The lowest BCUT2D eigenvalue weighted by molar-refractivity contribution is 0.0601. The maximum absolute atomic E-state index is 11.5. The van der Waals surface area contributed by atoms with Gasteiger partial charge < -0.3 is 9.64 Å². The van der Waals surface area contributed by atoms with E-state index in [0.29, 0.717) is 11.4 Å². The molecule has 0 amide bonds. The lowest BCUT2D eigenvalue weighted by atomic mass is 10.2. The molecule has 0 bridgehead atoms. The van der Waals surface area contributed by atoms with Crippen LogP contribution in [0.1, 0.15) is 23.7 Å². The Hall–Kier alpha value is -1.58. The Morgan fingerprint density at radius 1 is 1.60 bits per heavy atom. The summed E-state index contributed by atoms with van der Waals surface area (Å²) in [6.07, 6.45) is 2.68. The van der Waals surface area contributed by atoms with Crippen LogP contribution in [0.25, 0.3) is 0 Å². The van der Waals surface area contributed by atoms with Gasteiger partial charge in [0.05, 0.1) is 7.11 Å². The highest BCUT2D eigenvalue weighted by molar-refractivity contribution is 5.94. The molecule has 1 heterocycles. The van der Waals surface area contributed by atoms with Gasteiger partial charge in [0.15, 0.2) is 0 Å². The van der Waals surface area contributed by atoms with Crippen LogP contribution in [0.4, 0.5) is 5.82 Å². The van der Waals surface area contributed by atoms with Crippen molar-refractivity contribution < 1.29 is 9.53 Å². The minimum Gasteiger partial charge on any atom is -0.465 e. The van der Waals surface area contributed by atoms with Crippen molar-refractivity contribution in [3.8, 4) is 0 Å². The monoisotopic (exact) mass is 208 g/mol. The molecule has 4 heteroatoms. The average Bonchev–Trinajstić information content (AvgIpc) is 2.28. The Balaban J connectivity index is 3.00. The van der Waals surface area contributed by atoms with E-state index in [-0.39, 0.29) is 5.97 Å². The first-order chi connectivity index (χ1) is 7.20. The summed E-state index contributed by atoms with van der Waals surface area (Å²) in [5, 5.41) is 0. The minimum absolute atomic E-state index is 0.346. The number of hydrogen-bond acceptors (Lipinski definition) is 4. The largest absolute Gasteiger partial charge is 0.465 e. The molecule has 0 spiro atoms. The standard InChI is InChI=1S/C11H16N2O2/c1-4-8-13(2)10-9(11(14)15-3)6-5-7-12-10/h5-7H,4,8H2,1-3H3. The van der Waals surface area contributed by atoms with Crippen LogP contribution in [-0.2, 0) is 4.74 Å². The second-order valence-corrected chi connectivity index (χ2v) is 3.29. The lowest BCUT2D eigenvalue weighted by Gasteiger charge is -2.19. The zero-order chi connectivity index (χ0) is 11.3. The van der Waals surface area contributed by atoms with Crippen molar-refractivity contribution in [1.82, 2.24) is 4.98 Å². The molecule has 0 radical (unpaired) electrons. The molecule has 0 aliphatic heterocycles. The first-order valence-electron chi connectivity index (χ1n) is 4.95. The van der Waals surface area contributed by atoms with Crippen LogP contribution >= 0.6 is 0 Å². The number of carbonyl (C=O) groups excluding carboxylic acids is 1. The van der Waals surface area contributed by atoms with Gasteiger partial charge in [-0.25, -0.2) is 9.78 Å². The van der Waals surface area contributed by atoms with Crippen LogP contribution in [-0.4, -0.2) is 31.7 Å². The van der Waals surface area contributed by atoms with E-state index in [1.54, 1.807) is 18.3 Å². The normalized spacial score (nSPS) is 9.80. The van der Waals surface area contributed by atoms with Crippen molar-refractivity contribution in [1.29, 1.82) is 0 Å². The Morgan fingerprint density at radius 3 is 2.93 bits per heavy atom. The first kappa shape index (κ1) is 11.5. The average molecular weight is 208 g/mol. The maximum atomic E-state index is 11.5. The molecule has 0 atom stereocenters. The molecule has 0 unspecified atom stereocenters. The van der Waals surface area contributed by atoms with Crippen molar-refractivity contribution >= 4 is 11.8 Å². The highest BCUT2D eigenvalue weighted by Crippen LogP contribution is 2.16. The molecule has 0 N–H and O–H groups in total. The van der Waals surface area contributed by atoms with Gasteiger partial charge in [0.25, 0.3) is 0 Å². The maximum Gasteiger partial charge on any atom is 0.341 e. The SMILES string of the molecule is CCCN(C)c1ncccc1C(=O)OC. The van der Waals surface area contributed by atoms with E-state index in [9.17, 15) is 4.79 Å². The number of methoxy groups -OCH3 is 1. The van der Waals surface area contributed by atoms with Crippen molar-refractivity contribution in [3.63, 3.8) is 0 Å². The van der Waals surface area contributed by atoms with Gasteiger partial charge in [-0.05, 0) is 18.6 Å². The fourth-order valence-corrected chi connectivity index (χ4v) is 1.41. The number of ether oxygens (including phenoxy) is 1. The van der Waals surface area contributed by atoms with E-state index >= 15 is 0 Å². The van der Waals surface area contributed by atoms with Crippen molar-refractivity contribution in [2.75, 3.05) is 25.6 Å². The summed E-state index contributed by atoms with van der Waals surface area (Å²) in [7, 11) is 3.29. The summed E-state index contributed by atoms with van der Waals surface area (Å²) in [5.74, 6) is 0.326. The summed E-state index contributed by atoms with van der Waals surface area (Å²) in [6, 6.07) is 3.45. The Bertz CT molecular complexity index is 339. The molecule has 0 saturated carbocycles. The molecule has 1 rings (SSSR count). The van der Waals surface area contributed by atoms with Crippen LogP contribution in [0.3, 0.4) is 0 Å². The van der Waals surface area contributed by atoms with Crippen molar-refractivity contribution in [2.24, 2.45) is 0 Å². The number of aromatic nitrogens is 1. The number of rotatable bonds is 4. The van der Waals surface area contributed by atoms with Crippen LogP contribution in [0.2, 0.25) is 0 Å². The van der Waals surface area contributed by atoms with E-state index in [2.05, 4.69) is 11.9 Å². The molecule has 0 fully saturated rings. The predicted molar refractivity (Wildman–Crippen MR) is 59.1 cm³/mol. The topological polar surface area (TPSA) is 42.4 Å². The second-order valence-electron chi connectivity index (χ2n) is 3.29. The van der Waals surface area contributed by atoms with Gasteiger partial charge in [0.1, 0.15) is 11.4 Å². The third kappa shape index (κ3) is 2.68. The number of pyridine rings is 1. The molecular weight excluding hydrogens is 192 g/mol. The molecule has 1 aromatic rings. The molecule has 82 valence electrons. The van der Waals surface area contributed by atoms with Gasteiger partial charge in [-0.3, -0.25) is 0 Å². The minimum atomic E-state index is -0.346. The summed E-state index contributed by atoms with van der Waals surface area (Å²) in [5.41, 5.74) is 0.510. The molecule has 0 aromatic carbocycles. The first-order valence-corrected chi connectivity index (χ1v) is 4.95. The van der Waals surface area contributed by atoms with E-state index in [1.165, 1.54) is 7.11 Å². The fraction of sp³-hybridized carbons (Fsp3) is 0.455. The van der Waals surface area contributed by atoms with Crippen molar-refractivity contribution in [3.05, 3.63) is 23.9 Å². The van der Waals surface area contributed by atoms with Gasteiger partial charge in [0, 0.05) is 19.8 Å². The van der Waals surface area contributed by atoms with E-state index in [4.69, 9.17) is 4.74 Å². The Kier molecular flexibility index (Phi) is 4.09. The molecule has 15 heavy (non-hydrogen) atoms. The summed E-state index contributed by atoms with van der Waals surface area (Å²) in [4.78, 5) is 17.6. The Morgan fingerprint density at radius 2 is 2.33 bits per heavy atom. The molecule has 1 aromatic heterocycles. The number of nitrogens with zero attached hydrogens (tertiary/aromatic N) is 2. The molecule has 0 aliphatic rings. The molecular formula is C11H16N2O2. The number of anilines is 1. The van der Waals surface area contributed by atoms with Crippen LogP contribution in [0, 0.1) is 0 Å². The highest BCUT2D eigenvalue weighted by Gasteiger charge is 2.14. The summed E-state index contributed by atoms with van der Waals surface area (Å²) in [6.45, 7) is 2.94. The fourth-order valence-electron chi connectivity index (χ4n) is 1.41. The van der Waals surface area contributed by atoms with Gasteiger partial charge in [-0.2, -0.15) is 0 Å². The summed E-state index contributed by atoms with van der Waals surface area (Å²) < 4.78 is 4.70. The van der Waals surface area contributed by atoms with Crippen LogP contribution in [0.5, 0.6) is 0 Å². The number of esters is 1. The van der Waals surface area contributed by atoms with Crippen LogP contribution in [0.15, 0.2) is 18.3 Å². The second kappa shape index (κ2) is 5.34. The number of carbonyl (C=O) groups is 1. The van der Waals surface area contributed by atoms with E-state index < -0.39 is 0 Å². The van der Waals surface area contributed by atoms with E-state index in [1.807, 2.05) is 11.9 Å². The third-order valence-corrected chi connectivity index (χ3v) is 2.11. The zero-order valence-corrected chi connectivity index (χ0v) is 9.36. The Labute approximate surface area is 89.9 Å². The zero-order valence-electron chi connectivity index (χ0n) is 9.36. The van der Waals surface area contributed by atoms with Gasteiger partial charge in [0.2, 0.25) is 0 Å². The van der Waals surface area contributed by atoms with Gasteiger partial charge in [-0.1, -0.05) is 6.92 Å². The molecule has 4 nitrogen and oxygen atoms in total. The highest BCUT2D eigenvalue weighted by atomic mass is 16.5.